The number of aryl methyl sites for hydroxylation is 2. The maximum atomic E-state index is 13.1. The number of piperidine rings is 1. The van der Waals surface area contributed by atoms with Crippen molar-refractivity contribution in [2.45, 2.75) is 44.4 Å². The van der Waals surface area contributed by atoms with Crippen LogP contribution < -0.4 is 4.74 Å². The Hall–Kier alpha value is -1.72. The summed E-state index contributed by atoms with van der Waals surface area (Å²) in [5.41, 5.74) is 1.28. The van der Waals surface area contributed by atoms with E-state index in [1.165, 1.54) is 37.3 Å². The van der Waals surface area contributed by atoms with Crippen LogP contribution in [0.4, 0.5) is 0 Å². The molecule has 0 radical (unpaired) electrons. The number of methoxy groups -OCH3 is 1. The van der Waals surface area contributed by atoms with Crippen LogP contribution in [-0.2, 0) is 19.6 Å². The molecule has 9 nitrogen and oxygen atoms in total. The molecule has 2 fully saturated rings. The zero-order chi connectivity index (χ0) is 27.0. The number of carbonyl (C=O) groups excluding carboxylic acids is 1. The smallest absolute Gasteiger partial charge is 0.248 e. The van der Waals surface area contributed by atoms with E-state index in [0.29, 0.717) is 22.8 Å². The summed E-state index contributed by atoms with van der Waals surface area (Å²) in [6, 6.07) is 3.44. The van der Waals surface area contributed by atoms with Crippen LogP contribution in [0.2, 0.25) is 0 Å². The number of nitrogens with zero attached hydrogens (tertiary/aromatic N) is 4. The largest absolute Gasteiger partial charge is 0.497 e. The Bertz CT molecular complexity index is 972. The molecule has 0 spiro atoms. The van der Waals surface area contributed by atoms with Gasteiger partial charge in [-0.2, -0.15) is 4.31 Å². The zero-order valence-corrected chi connectivity index (χ0v) is 24.2. The molecule has 0 unspecified atom stereocenters. The Balaban J connectivity index is 1.36. The van der Waals surface area contributed by atoms with Crippen LogP contribution in [0.25, 0.3) is 0 Å². The summed E-state index contributed by atoms with van der Waals surface area (Å²) in [4.78, 5) is 19.8. The fourth-order valence-electron chi connectivity index (χ4n) is 5.31. The quantitative estimate of drug-likeness (QED) is 0.400. The van der Waals surface area contributed by atoms with E-state index in [1.807, 2.05) is 4.90 Å². The van der Waals surface area contributed by atoms with Gasteiger partial charge in [0.1, 0.15) is 12.4 Å². The number of hydrogen-bond acceptors (Lipinski definition) is 7. The summed E-state index contributed by atoms with van der Waals surface area (Å²) < 4.78 is 38.3. The van der Waals surface area contributed by atoms with Gasteiger partial charge < -0.3 is 24.2 Å². The number of benzene rings is 1. The lowest BCUT2D eigenvalue weighted by molar-refractivity contribution is -0.137. The lowest BCUT2D eigenvalue weighted by atomic mass is 9.93. The van der Waals surface area contributed by atoms with Gasteiger partial charge in [0, 0.05) is 39.8 Å². The third-order valence-corrected chi connectivity index (χ3v) is 9.91. The fraction of sp³-hybridized carbons (Fsp3) is 0.741. The van der Waals surface area contributed by atoms with Crippen molar-refractivity contribution in [1.29, 1.82) is 0 Å². The predicted molar refractivity (Wildman–Crippen MR) is 146 cm³/mol. The number of hydrogen-bond donors (Lipinski definition) is 0. The van der Waals surface area contributed by atoms with Gasteiger partial charge in [-0.25, -0.2) is 8.42 Å². The zero-order valence-electron chi connectivity index (χ0n) is 23.4. The molecule has 0 N–H and O–H groups in total. The normalized spacial score (nSPS) is 18.8. The minimum absolute atomic E-state index is 0.0126. The first kappa shape index (κ1) is 29.8. The third-order valence-electron chi connectivity index (χ3n) is 7.75. The molecule has 0 bridgehead atoms. The Morgan fingerprint density at radius 3 is 2.38 bits per heavy atom. The van der Waals surface area contributed by atoms with E-state index in [1.54, 1.807) is 33.1 Å². The maximum Gasteiger partial charge on any atom is 0.248 e. The molecule has 2 aliphatic rings. The van der Waals surface area contributed by atoms with Gasteiger partial charge in [0.15, 0.2) is 0 Å². The second kappa shape index (κ2) is 13.9. The van der Waals surface area contributed by atoms with Crippen molar-refractivity contribution in [3.8, 4) is 5.75 Å². The Labute approximate surface area is 223 Å². The van der Waals surface area contributed by atoms with Crippen LogP contribution in [0, 0.1) is 19.8 Å². The van der Waals surface area contributed by atoms with Gasteiger partial charge in [0.2, 0.25) is 15.9 Å². The molecule has 37 heavy (non-hydrogen) atoms. The van der Waals surface area contributed by atoms with Gasteiger partial charge in [-0.05, 0) is 95.4 Å². The number of likely N-dealkylation sites (N-methyl/N-ethyl adjacent to an activating group) is 2. The maximum absolute atomic E-state index is 13.1. The number of likely N-dealkylation sites (tertiary alicyclic amines) is 1. The van der Waals surface area contributed by atoms with Crippen LogP contribution in [-0.4, -0.2) is 120 Å². The van der Waals surface area contributed by atoms with Crippen LogP contribution in [0.15, 0.2) is 17.0 Å². The topological polar surface area (TPSA) is 82.6 Å². The van der Waals surface area contributed by atoms with E-state index in [-0.39, 0.29) is 30.6 Å². The Morgan fingerprint density at radius 2 is 1.73 bits per heavy atom. The monoisotopic (exact) mass is 538 g/mol. The number of amides is 1. The van der Waals surface area contributed by atoms with Gasteiger partial charge in [-0.15, -0.1) is 0 Å². The molecule has 0 aromatic heterocycles. The van der Waals surface area contributed by atoms with E-state index >= 15 is 0 Å². The standard InChI is InChI=1S/C27H46N4O5S/c1-22-19-25(35-5)20-23(2)27(22)37(33,34)29(4)17-18-36-21-26(32)31-13-8-24(9-14-31)7-12-30-11-6-10-28(3)15-16-30/h19-20,24H,6-18,21H2,1-5H3. The molecule has 0 aliphatic carbocycles. The first-order valence-electron chi connectivity index (χ1n) is 13.5. The van der Waals surface area contributed by atoms with E-state index in [9.17, 15) is 13.2 Å². The SMILES string of the molecule is COc1cc(C)c(S(=O)(=O)N(C)CCOCC(=O)N2CCC(CCN3CCCN(C)CC3)CC2)c(C)c1. The van der Waals surface area contributed by atoms with Crippen molar-refractivity contribution in [3.63, 3.8) is 0 Å². The summed E-state index contributed by atoms with van der Waals surface area (Å²) in [7, 11) is 1.63. The molecule has 210 valence electrons. The van der Waals surface area contributed by atoms with Crippen LogP contribution in [0.1, 0.15) is 36.8 Å². The molecule has 1 aromatic carbocycles. The van der Waals surface area contributed by atoms with Crippen LogP contribution in [0.3, 0.4) is 0 Å². The van der Waals surface area contributed by atoms with Crippen molar-refractivity contribution in [3.05, 3.63) is 23.3 Å². The first-order chi connectivity index (χ1) is 17.6. The molecule has 2 aliphatic heterocycles. The lowest BCUT2D eigenvalue weighted by Crippen LogP contribution is -2.41. The number of carbonyl (C=O) groups is 1. The third kappa shape index (κ3) is 8.38. The van der Waals surface area contributed by atoms with Crippen LogP contribution >= 0.6 is 0 Å². The van der Waals surface area contributed by atoms with Crippen LogP contribution in [0.5, 0.6) is 5.75 Å². The van der Waals surface area contributed by atoms with Crippen molar-refractivity contribution in [2.24, 2.45) is 5.92 Å². The average molecular weight is 539 g/mol. The van der Waals surface area contributed by atoms with Gasteiger partial charge in [0.05, 0.1) is 18.6 Å². The summed E-state index contributed by atoms with van der Waals surface area (Å²) in [5.74, 6) is 1.30. The summed E-state index contributed by atoms with van der Waals surface area (Å²) in [5, 5.41) is 0. The second-order valence-electron chi connectivity index (χ2n) is 10.6. The number of sulfonamides is 1. The molecule has 3 rings (SSSR count). The van der Waals surface area contributed by atoms with E-state index in [4.69, 9.17) is 9.47 Å². The summed E-state index contributed by atoms with van der Waals surface area (Å²) >= 11 is 0. The van der Waals surface area contributed by atoms with Crippen molar-refractivity contribution in [2.75, 3.05) is 86.8 Å². The highest BCUT2D eigenvalue weighted by molar-refractivity contribution is 7.89. The van der Waals surface area contributed by atoms with E-state index in [2.05, 4.69) is 16.8 Å². The minimum Gasteiger partial charge on any atom is -0.497 e. The molecule has 0 atom stereocenters. The van der Waals surface area contributed by atoms with Crippen molar-refractivity contribution in [1.82, 2.24) is 19.0 Å². The van der Waals surface area contributed by atoms with Crippen molar-refractivity contribution >= 4 is 15.9 Å². The number of rotatable bonds is 11. The van der Waals surface area contributed by atoms with Crippen molar-refractivity contribution < 1.29 is 22.7 Å². The highest BCUT2D eigenvalue weighted by atomic mass is 32.2. The molecule has 2 heterocycles. The Kier molecular flexibility index (Phi) is 11.2. The van der Waals surface area contributed by atoms with Gasteiger partial charge in [-0.3, -0.25) is 4.79 Å². The molecular weight excluding hydrogens is 492 g/mol. The molecule has 2 saturated heterocycles. The van der Waals surface area contributed by atoms with Gasteiger partial charge in [0.25, 0.3) is 0 Å². The molecule has 1 amide bonds. The molecule has 10 heteroatoms. The highest BCUT2D eigenvalue weighted by Gasteiger charge is 2.26. The minimum atomic E-state index is -3.67. The Morgan fingerprint density at radius 1 is 1.05 bits per heavy atom. The molecule has 0 saturated carbocycles. The second-order valence-corrected chi connectivity index (χ2v) is 12.6. The lowest BCUT2D eigenvalue weighted by Gasteiger charge is -2.33. The first-order valence-corrected chi connectivity index (χ1v) is 14.9. The van der Waals surface area contributed by atoms with E-state index < -0.39 is 10.0 Å². The average Bonchev–Trinajstić information content (AvgIpc) is 3.08. The summed E-state index contributed by atoms with van der Waals surface area (Å²) in [6.07, 6.45) is 4.53. The van der Waals surface area contributed by atoms with E-state index in [0.717, 1.165) is 45.6 Å². The fourth-order valence-corrected chi connectivity index (χ4v) is 6.87. The van der Waals surface area contributed by atoms with Gasteiger partial charge >= 0.3 is 0 Å². The molecular formula is C27H46N4O5S. The van der Waals surface area contributed by atoms with Gasteiger partial charge in [-0.1, -0.05) is 0 Å². The molecule has 1 aromatic rings. The highest BCUT2D eigenvalue weighted by Crippen LogP contribution is 2.27. The summed E-state index contributed by atoms with van der Waals surface area (Å²) in [6.45, 7) is 11.2. The predicted octanol–water partition coefficient (Wildman–Crippen LogP) is 2.22. The number of ether oxygens (including phenoxy) is 2.